The summed E-state index contributed by atoms with van der Waals surface area (Å²) >= 11 is 0. The lowest BCUT2D eigenvalue weighted by Gasteiger charge is -2.33. The molecule has 1 aliphatic heterocycles. The highest BCUT2D eigenvalue weighted by molar-refractivity contribution is 5.92. The monoisotopic (exact) mass is 210 g/mol. The standard InChI is InChI=1S/C10H14N2O3/c1-14-10(13)6-4-7(11)9-8(5-6)15-3-2-12-9/h4-5,7,9,12H,2-3,11H2,1H3. The number of ether oxygens (including phenoxy) is 2. The van der Waals surface area contributed by atoms with Gasteiger partial charge in [0.15, 0.2) is 0 Å². The molecule has 1 heterocycles. The maximum absolute atomic E-state index is 11.3. The molecule has 5 heteroatoms. The molecule has 0 aromatic carbocycles. The lowest BCUT2D eigenvalue weighted by Crippen LogP contribution is -2.51. The van der Waals surface area contributed by atoms with Gasteiger partial charge in [0.1, 0.15) is 12.4 Å². The number of methoxy groups -OCH3 is 1. The molecule has 2 unspecified atom stereocenters. The van der Waals surface area contributed by atoms with Crippen molar-refractivity contribution in [1.29, 1.82) is 0 Å². The van der Waals surface area contributed by atoms with Crippen LogP contribution in [-0.2, 0) is 14.3 Å². The first kappa shape index (κ1) is 10.2. The van der Waals surface area contributed by atoms with Crippen molar-refractivity contribution in [2.45, 2.75) is 12.1 Å². The van der Waals surface area contributed by atoms with Gasteiger partial charge in [-0.1, -0.05) is 6.08 Å². The highest BCUT2D eigenvalue weighted by atomic mass is 16.5. The maximum atomic E-state index is 11.3. The van der Waals surface area contributed by atoms with Crippen molar-refractivity contribution >= 4 is 5.97 Å². The van der Waals surface area contributed by atoms with Crippen LogP contribution in [0.25, 0.3) is 0 Å². The van der Waals surface area contributed by atoms with Gasteiger partial charge in [-0.2, -0.15) is 0 Å². The number of hydrogen-bond acceptors (Lipinski definition) is 5. The number of nitrogens with two attached hydrogens (primary N) is 1. The molecule has 0 aromatic rings. The van der Waals surface area contributed by atoms with E-state index in [1.54, 1.807) is 12.2 Å². The fourth-order valence-corrected chi connectivity index (χ4v) is 1.78. The molecule has 15 heavy (non-hydrogen) atoms. The second kappa shape index (κ2) is 4.04. The number of carbonyl (C=O) groups is 1. The van der Waals surface area contributed by atoms with Crippen LogP contribution in [-0.4, -0.2) is 38.3 Å². The van der Waals surface area contributed by atoms with Crippen LogP contribution in [0.2, 0.25) is 0 Å². The van der Waals surface area contributed by atoms with E-state index in [-0.39, 0.29) is 18.1 Å². The normalized spacial score (nSPS) is 29.5. The molecule has 0 aromatic heterocycles. The summed E-state index contributed by atoms with van der Waals surface area (Å²) in [6, 6.07) is -0.272. The molecule has 0 amide bonds. The molecule has 0 radical (unpaired) electrons. The Morgan fingerprint density at radius 2 is 2.53 bits per heavy atom. The van der Waals surface area contributed by atoms with Crippen LogP contribution in [0.5, 0.6) is 0 Å². The topological polar surface area (TPSA) is 73.6 Å². The Morgan fingerprint density at radius 3 is 3.27 bits per heavy atom. The number of rotatable bonds is 1. The highest BCUT2D eigenvalue weighted by Crippen LogP contribution is 2.21. The van der Waals surface area contributed by atoms with Gasteiger partial charge in [0.25, 0.3) is 0 Å². The SMILES string of the molecule is COC(=O)C1=CC(N)C2NCCOC2=C1. The van der Waals surface area contributed by atoms with E-state index in [0.29, 0.717) is 12.2 Å². The summed E-state index contributed by atoms with van der Waals surface area (Å²) in [6.07, 6.45) is 3.38. The van der Waals surface area contributed by atoms with E-state index in [2.05, 4.69) is 10.1 Å². The number of nitrogens with one attached hydrogen (secondary N) is 1. The van der Waals surface area contributed by atoms with Gasteiger partial charge in [-0.3, -0.25) is 0 Å². The van der Waals surface area contributed by atoms with Crippen LogP contribution in [0.4, 0.5) is 0 Å². The van der Waals surface area contributed by atoms with Crippen molar-refractivity contribution in [1.82, 2.24) is 5.32 Å². The predicted molar refractivity (Wildman–Crippen MR) is 53.9 cm³/mol. The van der Waals surface area contributed by atoms with E-state index in [4.69, 9.17) is 10.5 Å². The van der Waals surface area contributed by atoms with Crippen molar-refractivity contribution in [3.63, 3.8) is 0 Å². The molecule has 5 nitrogen and oxygen atoms in total. The molecule has 3 N–H and O–H groups in total. The molecular formula is C10H14N2O3. The van der Waals surface area contributed by atoms with Gasteiger partial charge in [-0.15, -0.1) is 0 Å². The molecular weight excluding hydrogens is 196 g/mol. The number of carbonyl (C=O) groups excluding carboxylic acids is 1. The van der Waals surface area contributed by atoms with Crippen LogP contribution in [0.3, 0.4) is 0 Å². The molecule has 1 saturated heterocycles. The van der Waals surface area contributed by atoms with Crippen molar-refractivity contribution in [2.24, 2.45) is 5.73 Å². The Balaban J connectivity index is 2.23. The Bertz CT molecular complexity index is 336. The second-order valence-corrected chi connectivity index (χ2v) is 3.52. The third kappa shape index (κ3) is 1.88. The molecule has 1 fully saturated rings. The number of esters is 1. The van der Waals surface area contributed by atoms with E-state index < -0.39 is 0 Å². The summed E-state index contributed by atoms with van der Waals surface area (Å²) in [5.41, 5.74) is 6.36. The van der Waals surface area contributed by atoms with E-state index >= 15 is 0 Å². The number of hydrogen-bond donors (Lipinski definition) is 2. The Kier molecular flexibility index (Phi) is 2.75. The number of fused-ring (bicyclic) bond motifs is 1. The van der Waals surface area contributed by atoms with Crippen LogP contribution in [0.1, 0.15) is 0 Å². The lowest BCUT2D eigenvalue weighted by atomic mass is 9.96. The molecule has 1 aliphatic carbocycles. The van der Waals surface area contributed by atoms with Crippen LogP contribution >= 0.6 is 0 Å². The summed E-state index contributed by atoms with van der Waals surface area (Å²) in [5, 5.41) is 3.23. The van der Waals surface area contributed by atoms with E-state index in [0.717, 1.165) is 12.3 Å². The maximum Gasteiger partial charge on any atom is 0.337 e. The van der Waals surface area contributed by atoms with Gasteiger partial charge in [0.2, 0.25) is 0 Å². The minimum Gasteiger partial charge on any atom is -0.495 e. The second-order valence-electron chi connectivity index (χ2n) is 3.52. The van der Waals surface area contributed by atoms with Gasteiger partial charge in [-0.25, -0.2) is 4.79 Å². The average Bonchev–Trinajstić information content (AvgIpc) is 2.28. The molecule has 2 aliphatic rings. The molecule has 2 rings (SSSR count). The highest BCUT2D eigenvalue weighted by Gasteiger charge is 2.30. The summed E-state index contributed by atoms with van der Waals surface area (Å²) in [4.78, 5) is 11.3. The fourth-order valence-electron chi connectivity index (χ4n) is 1.78. The van der Waals surface area contributed by atoms with E-state index in [1.807, 2.05) is 0 Å². The van der Waals surface area contributed by atoms with Gasteiger partial charge in [0.05, 0.1) is 18.7 Å². The van der Waals surface area contributed by atoms with Crippen LogP contribution < -0.4 is 11.1 Å². The molecule has 0 bridgehead atoms. The molecule has 82 valence electrons. The van der Waals surface area contributed by atoms with E-state index in [9.17, 15) is 4.79 Å². The first-order valence-electron chi connectivity index (χ1n) is 4.86. The van der Waals surface area contributed by atoms with Gasteiger partial charge >= 0.3 is 5.97 Å². The Labute approximate surface area is 87.9 Å². The third-order valence-electron chi connectivity index (χ3n) is 2.52. The quantitative estimate of drug-likeness (QED) is 0.560. The van der Waals surface area contributed by atoms with Gasteiger partial charge in [-0.05, 0) is 6.08 Å². The van der Waals surface area contributed by atoms with E-state index in [1.165, 1.54) is 7.11 Å². The van der Waals surface area contributed by atoms with Crippen molar-refractivity contribution < 1.29 is 14.3 Å². The van der Waals surface area contributed by atoms with Gasteiger partial charge < -0.3 is 20.5 Å². The summed E-state index contributed by atoms with van der Waals surface area (Å²) in [5.74, 6) is 0.335. The zero-order valence-electron chi connectivity index (χ0n) is 8.53. The number of morpholine rings is 1. The summed E-state index contributed by atoms with van der Waals surface area (Å²) in [6.45, 7) is 1.38. The van der Waals surface area contributed by atoms with Crippen molar-refractivity contribution in [3.8, 4) is 0 Å². The van der Waals surface area contributed by atoms with Crippen molar-refractivity contribution in [2.75, 3.05) is 20.3 Å². The third-order valence-corrected chi connectivity index (χ3v) is 2.52. The zero-order valence-corrected chi connectivity index (χ0v) is 8.53. The Morgan fingerprint density at radius 1 is 1.73 bits per heavy atom. The molecule has 0 saturated carbocycles. The fraction of sp³-hybridized carbons (Fsp3) is 0.500. The van der Waals surface area contributed by atoms with Crippen molar-refractivity contribution in [3.05, 3.63) is 23.5 Å². The predicted octanol–water partition coefficient (Wildman–Crippen LogP) is -0.701. The molecule has 2 atom stereocenters. The zero-order chi connectivity index (χ0) is 10.8. The minimum atomic E-state index is -0.384. The molecule has 0 spiro atoms. The Hall–Kier alpha value is -1.33. The summed E-state index contributed by atoms with van der Waals surface area (Å²) < 4.78 is 10.1. The minimum absolute atomic E-state index is 0.0212. The lowest BCUT2D eigenvalue weighted by molar-refractivity contribution is -0.135. The first-order valence-corrected chi connectivity index (χ1v) is 4.86. The largest absolute Gasteiger partial charge is 0.495 e. The van der Waals surface area contributed by atoms with Gasteiger partial charge in [0, 0.05) is 12.6 Å². The van der Waals surface area contributed by atoms with Crippen LogP contribution in [0.15, 0.2) is 23.5 Å². The van der Waals surface area contributed by atoms with Crippen LogP contribution in [0, 0.1) is 0 Å². The smallest absolute Gasteiger partial charge is 0.337 e. The average molecular weight is 210 g/mol. The first-order chi connectivity index (χ1) is 7.22. The summed E-state index contributed by atoms with van der Waals surface area (Å²) in [7, 11) is 1.35.